The van der Waals surface area contributed by atoms with E-state index in [0.717, 1.165) is 5.92 Å². The van der Waals surface area contributed by atoms with Crippen LogP contribution >= 0.6 is 24.4 Å². The molecule has 0 aromatic heterocycles. The fourth-order valence-corrected chi connectivity index (χ4v) is 1.46. The van der Waals surface area contributed by atoms with Crippen molar-refractivity contribution in [3.8, 4) is 0 Å². The molecule has 0 aromatic rings. The molecule has 0 atom stereocenters. The summed E-state index contributed by atoms with van der Waals surface area (Å²) >= 11 is 8.45. The smallest absolute Gasteiger partial charge is 0.149 e. The van der Waals surface area contributed by atoms with Gasteiger partial charge in [-0.25, -0.2) is 9.98 Å². The van der Waals surface area contributed by atoms with E-state index in [9.17, 15) is 0 Å². The highest BCUT2D eigenvalue weighted by atomic mass is 32.1. The van der Waals surface area contributed by atoms with E-state index < -0.39 is 0 Å². The summed E-state index contributed by atoms with van der Waals surface area (Å²) in [6, 6.07) is 0. The number of thiocarbonyl (C=S) groups is 2. The second kappa shape index (κ2) is 11.1. The van der Waals surface area contributed by atoms with Crippen LogP contribution in [0.1, 0.15) is 47.5 Å². The Morgan fingerprint density at radius 3 is 1.75 bits per heavy atom. The topological polar surface area (TPSA) is 24.7 Å². The molecular formula is C12H22N2S2. The summed E-state index contributed by atoms with van der Waals surface area (Å²) in [6.07, 6.45) is 2.65. The lowest BCUT2D eigenvalue weighted by atomic mass is 9.82. The number of hydrogen-bond acceptors (Lipinski definition) is 4. The van der Waals surface area contributed by atoms with E-state index in [4.69, 9.17) is 0 Å². The van der Waals surface area contributed by atoms with Crippen molar-refractivity contribution in [3.05, 3.63) is 0 Å². The molecule has 0 heterocycles. The molecule has 0 saturated carbocycles. The quantitative estimate of drug-likeness (QED) is 0.531. The predicted molar refractivity (Wildman–Crippen MR) is 78.4 cm³/mol. The van der Waals surface area contributed by atoms with Gasteiger partial charge in [-0.15, -0.1) is 0 Å². The van der Waals surface area contributed by atoms with Crippen LogP contribution in [-0.4, -0.2) is 17.0 Å². The molecule has 0 aliphatic carbocycles. The molecule has 0 aliphatic rings. The average molecular weight is 258 g/mol. The van der Waals surface area contributed by atoms with Gasteiger partial charge in [-0.05, 0) is 42.2 Å². The summed E-state index contributed by atoms with van der Waals surface area (Å²) < 4.78 is 0. The van der Waals surface area contributed by atoms with Gasteiger partial charge < -0.3 is 0 Å². The van der Waals surface area contributed by atoms with Crippen LogP contribution in [0.25, 0.3) is 0 Å². The zero-order valence-corrected chi connectivity index (χ0v) is 12.5. The van der Waals surface area contributed by atoms with Gasteiger partial charge in [0.2, 0.25) is 0 Å². The van der Waals surface area contributed by atoms with Crippen LogP contribution in [0.5, 0.6) is 0 Å². The van der Waals surface area contributed by atoms with Crippen LogP contribution in [-0.2, 0) is 0 Å². The van der Waals surface area contributed by atoms with Gasteiger partial charge in [0.15, 0.2) is 0 Å². The van der Waals surface area contributed by atoms with Gasteiger partial charge in [-0.3, -0.25) is 0 Å². The number of isothiocyanates is 2. The summed E-state index contributed by atoms with van der Waals surface area (Å²) in [4.78, 5) is 6.86. The van der Waals surface area contributed by atoms with E-state index in [0.29, 0.717) is 5.41 Å². The Kier molecular flexibility index (Phi) is 12.5. The Bertz CT molecular complexity index is 244. The first kappa shape index (κ1) is 18.0. The molecule has 0 fully saturated rings. The Labute approximate surface area is 110 Å². The van der Waals surface area contributed by atoms with Crippen molar-refractivity contribution in [2.24, 2.45) is 21.3 Å². The molecule has 2 nitrogen and oxygen atoms in total. The van der Waals surface area contributed by atoms with Gasteiger partial charge in [-0.1, -0.05) is 41.0 Å². The molecule has 0 saturated heterocycles. The minimum absolute atomic E-state index is 0.257. The Balaban J connectivity index is 0. The van der Waals surface area contributed by atoms with Crippen LogP contribution in [0, 0.1) is 11.3 Å². The zero-order chi connectivity index (χ0) is 13.0. The standard InChI is InChI=1S/C9H20.C3H2N2S2/c1-6-9(4,5)7-8(2)3;6-2-4-1-5-3-7/h8H,6-7H2,1-5H3;1H2. The third kappa shape index (κ3) is 16.0. The van der Waals surface area contributed by atoms with Crippen molar-refractivity contribution in [2.75, 3.05) is 6.67 Å². The third-order valence-corrected chi connectivity index (χ3v) is 2.45. The van der Waals surface area contributed by atoms with Crippen molar-refractivity contribution in [3.63, 3.8) is 0 Å². The molecule has 0 aromatic carbocycles. The number of aliphatic imine (C=N–C) groups is 2. The van der Waals surface area contributed by atoms with Crippen molar-refractivity contribution in [1.82, 2.24) is 0 Å². The Morgan fingerprint density at radius 1 is 1.12 bits per heavy atom. The van der Waals surface area contributed by atoms with Gasteiger partial charge >= 0.3 is 0 Å². The first-order valence-corrected chi connectivity index (χ1v) is 6.28. The lowest BCUT2D eigenvalue weighted by molar-refractivity contribution is 0.277. The average Bonchev–Trinajstić information content (AvgIpc) is 2.18. The van der Waals surface area contributed by atoms with Crippen molar-refractivity contribution in [2.45, 2.75) is 47.5 Å². The van der Waals surface area contributed by atoms with E-state index >= 15 is 0 Å². The molecule has 16 heavy (non-hydrogen) atoms. The largest absolute Gasteiger partial charge is 0.208 e. The van der Waals surface area contributed by atoms with Crippen molar-refractivity contribution < 1.29 is 0 Å². The first-order chi connectivity index (χ1) is 7.39. The van der Waals surface area contributed by atoms with E-state index in [-0.39, 0.29) is 6.67 Å². The molecule has 92 valence electrons. The molecule has 4 heteroatoms. The van der Waals surface area contributed by atoms with Crippen LogP contribution in [0.15, 0.2) is 9.98 Å². The molecule has 0 amide bonds. The minimum Gasteiger partial charge on any atom is -0.208 e. The monoisotopic (exact) mass is 258 g/mol. The molecule has 0 rings (SSSR count). The van der Waals surface area contributed by atoms with Gasteiger partial charge in [0.05, 0.1) is 10.3 Å². The Morgan fingerprint density at radius 2 is 1.56 bits per heavy atom. The SMILES string of the molecule is CCC(C)(C)CC(C)C.S=C=NCN=C=S. The van der Waals surface area contributed by atoms with Gasteiger partial charge in [-0.2, -0.15) is 0 Å². The molecule has 0 radical (unpaired) electrons. The predicted octanol–water partition coefficient (Wildman–Crippen LogP) is 4.62. The molecule has 0 aliphatic heterocycles. The Hall–Kier alpha value is -0.400. The molecule has 0 bridgehead atoms. The van der Waals surface area contributed by atoms with E-state index in [2.05, 4.69) is 79.4 Å². The van der Waals surface area contributed by atoms with E-state index in [1.165, 1.54) is 12.8 Å². The maximum atomic E-state index is 4.23. The maximum Gasteiger partial charge on any atom is 0.149 e. The highest BCUT2D eigenvalue weighted by Gasteiger charge is 2.15. The molecule has 0 unspecified atom stereocenters. The number of hydrogen-bond donors (Lipinski definition) is 0. The molecule has 0 N–H and O–H groups in total. The van der Waals surface area contributed by atoms with Crippen molar-refractivity contribution in [1.29, 1.82) is 0 Å². The lowest BCUT2D eigenvalue weighted by Crippen LogP contribution is -2.12. The summed E-state index contributed by atoms with van der Waals surface area (Å²) in [5.41, 5.74) is 0.564. The summed E-state index contributed by atoms with van der Waals surface area (Å²) in [5.74, 6) is 0.847. The highest BCUT2D eigenvalue weighted by molar-refractivity contribution is 7.78. The zero-order valence-electron chi connectivity index (χ0n) is 10.9. The van der Waals surface area contributed by atoms with Crippen LogP contribution in [0.3, 0.4) is 0 Å². The van der Waals surface area contributed by atoms with E-state index in [1.807, 2.05) is 0 Å². The fraction of sp³-hybridized carbons (Fsp3) is 0.833. The van der Waals surface area contributed by atoms with Gasteiger partial charge in [0, 0.05) is 0 Å². The second-order valence-corrected chi connectivity index (χ2v) is 5.12. The van der Waals surface area contributed by atoms with E-state index in [1.54, 1.807) is 0 Å². The minimum atomic E-state index is 0.257. The van der Waals surface area contributed by atoms with Crippen LogP contribution in [0.4, 0.5) is 0 Å². The lowest BCUT2D eigenvalue weighted by Gasteiger charge is -2.24. The van der Waals surface area contributed by atoms with Gasteiger partial charge in [0.1, 0.15) is 6.67 Å². The van der Waals surface area contributed by atoms with Crippen LogP contribution in [0.2, 0.25) is 0 Å². The third-order valence-electron chi connectivity index (χ3n) is 2.19. The molecular weight excluding hydrogens is 236 g/mol. The number of rotatable bonds is 5. The number of nitrogens with zero attached hydrogens (tertiary/aromatic N) is 2. The fourth-order valence-electron chi connectivity index (χ4n) is 1.34. The van der Waals surface area contributed by atoms with Crippen LogP contribution < -0.4 is 0 Å². The maximum absolute atomic E-state index is 4.23. The first-order valence-electron chi connectivity index (χ1n) is 5.47. The normalized spacial score (nSPS) is 9.62. The highest BCUT2D eigenvalue weighted by Crippen LogP contribution is 2.28. The molecule has 0 spiro atoms. The second-order valence-electron chi connectivity index (χ2n) is 4.76. The summed E-state index contributed by atoms with van der Waals surface area (Å²) in [6.45, 7) is 11.8. The van der Waals surface area contributed by atoms with Gasteiger partial charge in [0.25, 0.3) is 0 Å². The van der Waals surface area contributed by atoms with Crippen molar-refractivity contribution >= 4 is 34.8 Å². The summed E-state index contributed by atoms with van der Waals surface area (Å²) in [5, 5.41) is 4.26. The summed E-state index contributed by atoms with van der Waals surface area (Å²) in [7, 11) is 0.